The molecule has 1 aliphatic rings. The van der Waals surface area contributed by atoms with Crippen molar-refractivity contribution in [2.75, 3.05) is 20.3 Å². The van der Waals surface area contributed by atoms with E-state index in [1.807, 2.05) is 0 Å². The lowest BCUT2D eigenvalue weighted by atomic mass is 9.92. The molecule has 1 unspecified atom stereocenters. The van der Waals surface area contributed by atoms with Gasteiger partial charge in [0.2, 0.25) is 0 Å². The Morgan fingerprint density at radius 1 is 1.31 bits per heavy atom. The van der Waals surface area contributed by atoms with Crippen molar-refractivity contribution in [1.29, 1.82) is 0 Å². The van der Waals surface area contributed by atoms with Gasteiger partial charge >= 0.3 is 0 Å². The Kier molecular flexibility index (Phi) is 5.77. The number of rotatable bonds is 9. The first-order valence-electron chi connectivity index (χ1n) is 6.87. The van der Waals surface area contributed by atoms with Gasteiger partial charge in [0, 0.05) is 19.7 Å². The summed E-state index contributed by atoms with van der Waals surface area (Å²) >= 11 is 0. The Balaban J connectivity index is 2.26. The van der Waals surface area contributed by atoms with Crippen molar-refractivity contribution < 1.29 is 4.74 Å². The highest BCUT2D eigenvalue weighted by Crippen LogP contribution is 2.51. The smallest absolute Gasteiger partial charge is 0.0615 e. The number of nitrogens with one attached hydrogen (secondary N) is 1. The number of methoxy groups -OCH3 is 1. The van der Waals surface area contributed by atoms with Crippen molar-refractivity contribution in [2.45, 2.75) is 58.9 Å². The third-order valence-corrected chi connectivity index (χ3v) is 4.13. The van der Waals surface area contributed by atoms with E-state index in [4.69, 9.17) is 4.74 Å². The summed E-state index contributed by atoms with van der Waals surface area (Å²) in [4.78, 5) is 0. The van der Waals surface area contributed by atoms with Crippen molar-refractivity contribution in [2.24, 2.45) is 11.3 Å². The molecule has 2 nitrogen and oxygen atoms in total. The molecule has 0 aliphatic heterocycles. The highest BCUT2D eigenvalue weighted by Gasteiger charge is 2.44. The van der Waals surface area contributed by atoms with Gasteiger partial charge in [-0.05, 0) is 30.6 Å². The summed E-state index contributed by atoms with van der Waals surface area (Å²) in [5.41, 5.74) is 0.609. The Hall–Kier alpha value is -0.0800. The molecule has 1 rings (SSSR count). The minimum absolute atomic E-state index is 0.557. The van der Waals surface area contributed by atoms with Gasteiger partial charge in [0.25, 0.3) is 0 Å². The molecule has 1 N–H and O–H groups in total. The van der Waals surface area contributed by atoms with Crippen LogP contribution in [0, 0.1) is 11.3 Å². The molecule has 0 saturated heterocycles. The van der Waals surface area contributed by atoms with Gasteiger partial charge in [-0.25, -0.2) is 0 Å². The fourth-order valence-corrected chi connectivity index (χ4v) is 2.36. The number of ether oxygens (including phenoxy) is 1. The molecule has 2 heteroatoms. The van der Waals surface area contributed by atoms with Crippen LogP contribution >= 0.6 is 0 Å². The van der Waals surface area contributed by atoms with Gasteiger partial charge in [0.15, 0.2) is 0 Å². The first-order valence-corrected chi connectivity index (χ1v) is 6.87. The van der Waals surface area contributed by atoms with Crippen LogP contribution in [0.1, 0.15) is 52.9 Å². The standard InChI is InChI=1S/C14H29NO/c1-5-6-7-13(10-16-4)15-11-14(8-9-14)12(2)3/h12-13,15H,5-11H2,1-4H3. The molecule has 1 fully saturated rings. The lowest BCUT2D eigenvalue weighted by Gasteiger charge is -2.24. The molecule has 0 amide bonds. The van der Waals surface area contributed by atoms with Gasteiger partial charge in [0.05, 0.1) is 6.61 Å². The van der Waals surface area contributed by atoms with E-state index in [1.54, 1.807) is 7.11 Å². The predicted octanol–water partition coefficient (Wildman–Crippen LogP) is 3.22. The lowest BCUT2D eigenvalue weighted by molar-refractivity contribution is 0.155. The summed E-state index contributed by atoms with van der Waals surface area (Å²) in [7, 11) is 1.80. The first kappa shape index (κ1) is 14.0. The highest BCUT2D eigenvalue weighted by molar-refractivity contribution is 4.97. The Labute approximate surface area is 101 Å². The van der Waals surface area contributed by atoms with Crippen LogP contribution in [0.4, 0.5) is 0 Å². The second-order valence-electron chi connectivity index (χ2n) is 5.69. The average Bonchev–Trinajstić information content (AvgIpc) is 3.03. The zero-order valence-electron chi connectivity index (χ0n) is 11.5. The van der Waals surface area contributed by atoms with E-state index in [9.17, 15) is 0 Å². The molecule has 1 aliphatic carbocycles. The van der Waals surface area contributed by atoms with E-state index in [2.05, 4.69) is 26.1 Å². The zero-order valence-corrected chi connectivity index (χ0v) is 11.5. The lowest BCUT2D eigenvalue weighted by Crippen LogP contribution is -2.38. The van der Waals surface area contributed by atoms with Crippen molar-refractivity contribution in [3.8, 4) is 0 Å². The highest BCUT2D eigenvalue weighted by atomic mass is 16.5. The topological polar surface area (TPSA) is 21.3 Å². The van der Waals surface area contributed by atoms with Crippen LogP contribution in [0.3, 0.4) is 0 Å². The summed E-state index contributed by atoms with van der Waals surface area (Å²) < 4.78 is 5.28. The first-order chi connectivity index (χ1) is 7.64. The fraction of sp³-hybridized carbons (Fsp3) is 1.00. The molecule has 96 valence electrons. The molecule has 0 bridgehead atoms. The molecule has 0 aromatic carbocycles. The third kappa shape index (κ3) is 4.06. The van der Waals surface area contributed by atoms with Crippen LogP contribution in [0.2, 0.25) is 0 Å². The van der Waals surface area contributed by atoms with E-state index in [1.165, 1.54) is 38.6 Å². The second kappa shape index (κ2) is 6.61. The quantitative estimate of drug-likeness (QED) is 0.653. The van der Waals surface area contributed by atoms with E-state index in [0.717, 1.165) is 12.5 Å². The minimum Gasteiger partial charge on any atom is -0.383 e. The third-order valence-electron chi connectivity index (χ3n) is 4.13. The van der Waals surface area contributed by atoms with Crippen LogP contribution in [-0.4, -0.2) is 26.3 Å². The largest absolute Gasteiger partial charge is 0.383 e. The van der Waals surface area contributed by atoms with Crippen LogP contribution in [0.25, 0.3) is 0 Å². The van der Waals surface area contributed by atoms with Crippen molar-refractivity contribution >= 4 is 0 Å². The maximum Gasteiger partial charge on any atom is 0.0615 e. The molecule has 0 aromatic heterocycles. The van der Waals surface area contributed by atoms with E-state index in [-0.39, 0.29) is 0 Å². The van der Waals surface area contributed by atoms with Crippen LogP contribution in [-0.2, 0) is 4.74 Å². The van der Waals surface area contributed by atoms with Crippen LogP contribution in [0.15, 0.2) is 0 Å². The van der Waals surface area contributed by atoms with E-state index in [0.29, 0.717) is 11.5 Å². The number of hydrogen-bond acceptors (Lipinski definition) is 2. The van der Waals surface area contributed by atoms with Gasteiger partial charge in [-0.1, -0.05) is 33.6 Å². The summed E-state index contributed by atoms with van der Waals surface area (Å²) in [6, 6.07) is 0.557. The molecule has 0 aromatic rings. The normalized spacial score (nSPS) is 20.1. The molecule has 0 heterocycles. The maximum atomic E-state index is 5.28. The molecular formula is C14H29NO. The van der Waals surface area contributed by atoms with Crippen LogP contribution < -0.4 is 5.32 Å². The molecule has 1 atom stereocenters. The molecule has 16 heavy (non-hydrogen) atoms. The van der Waals surface area contributed by atoms with Crippen molar-refractivity contribution in [1.82, 2.24) is 5.32 Å². The van der Waals surface area contributed by atoms with Gasteiger partial charge in [0.1, 0.15) is 0 Å². The molecule has 0 spiro atoms. The number of unbranched alkanes of at least 4 members (excludes halogenated alkanes) is 1. The predicted molar refractivity (Wildman–Crippen MR) is 69.7 cm³/mol. The van der Waals surface area contributed by atoms with Crippen molar-refractivity contribution in [3.05, 3.63) is 0 Å². The monoisotopic (exact) mass is 227 g/mol. The second-order valence-corrected chi connectivity index (χ2v) is 5.69. The Bertz CT molecular complexity index is 187. The SMILES string of the molecule is CCCCC(COC)NCC1(C(C)C)CC1. The van der Waals surface area contributed by atoms with Crippen molar-refractivity contribution in [3.63, 3.8) is 0 Å². The Morgan fingerprint density at radius 2 is 2.00 bits per heavy atom. The molecule has 1 saturated carbocycles. The summed E-state index contributed by atoms with van der Waals surface area (Å²) in [6.45, 7) is 9.00. The Morgan fingerprint density at radius 3 is 2.44 bits per heavy atom. The zero-order chi connectivity index (χ0) is 12.0. The van der Waals surface area contributed by atoms with E-state index < -0.39 is 0 Å². The molecular weight excluding hydrogens is 198 g/mol. The summed E-state index contributed by atoms with van der Waals surface area (Å²) in [6.07, 6.45) is 6.64. The average molecular weight is 227 g/mol. The van der Waals surface area contributed by atoms with Gasteiger partial charge in [-0.15, -0.1) is 0 Å². The summed E-state index contributed by atoms with van der Waals surface area (Å²) in [5, 5.41) is 3.71. The maximum absolute atomic E-state index is 5.28. The summed E-state index contributed by atoms with van der Waals surface area (Å²) in [5.74, 6) is 0.814. The van der Waals surface area contributed by atoms with E-state index >= 15 is 0 Å². The van der Waals surface area contributed by atoms with Crippen LogP contribution in [0.5, 0.6) is 0 Å². The number of hydrogen-bond donors (Lipinski definition) is 1. The minimum atomic E-state index is 0.557. The van der Waals surface area contributed by atoms with Gasteiger partial charge < -0.3 is 10.1 Å². The fourth-order valence-electron chi connectivity index (χ4n) is 2.36. The van der Waals surface area contributed by atoms with Gasteiger partial charge in [-0.2, -0.15) is 0 Å². The molecule has 0 radical (unpaired) electrons. The van der Waals surface area contributed by atoms with Gasteiger partial charge in [-0.3, -0.25) is 0 Å².